The Morgan fingerprint density at radius 2 is 2.24 bits per heavy atom. The van der Waals surface area contributed by atoms with Crippen molar-refractivity contribution in [2.75, 3.05) is 19.8 Å². The molecule has 17 heavy (non-hydrogen) atoms. The van der Waals surface area contributed by atoms with Gasteiger partial charge in [-0.3, -0.25) is 4.79 Å². The van der Waals surface area contributed by atoms with Crippen LogP contribution in [0.4, 0.5) is 0 Å². The zero-order valence-corrected chi connectivity index (χ0v) is 10.7. The lowest BCUT2D eigenvalue weighted by atomic mass is 9.89. The van der Waals surface area contributed by atoms with Crippen molar-refractivity contribution < 1.29 is 19.4 Å². The Hall–Kier alpha value is -1.23. The minimum absolute atomic E-state index is 0.0356. The van der Waals surface area contributed by atoms with Crippen molar-refractivity contribution in [1.29, 1.82) is 0 Å². The molecule has 5 heteroatoms. The second kappa shape index (κ2) is 5.91. The standard InChI is InChI=1S/C12H21NO4/c1-12(2,3)6-9(14)7-13-11(15)10-8-16-4-5-17-10/h8-9,14H,4-7H2,1-3H3,(H,13,15). The number of hydrogen-bond donors (Lipinski definition) is 2. The zero-order valence-electron chi connectivity index (χ0n) is 10.7. The number of ether oxygens (including phenoxy) is 2. The molecule has 1 amide bonds. The SMILES string of the molecule is CC(C)(C)CC(O)CNC(=O)C1=COCCO1. The van der Waals surface area contributed by atoms with Gasteiger partial charge in [-0.15, -0.1) is 0 Å². The highest BCUT2D eigenvalue weighted by Gasteiger charge is 2.19. The third-order valence-corrected chi connectivity index (χ3v) is 2.22. The van der Waals surface area contributed by atoms with Crippen molar-refractivity contribution >= 4 is 5.91 Å². The maximum absolute atomic E-state index is 11.6. The first kappa shape index (κ1) is 13.8. The van der Waals surface area contributed by atoms with Crippen LogP contribution in [0.5, 0.6) is 0 Å². The summed E-state index contributed by atoms with van der Waals surface area (Å²) in [7, 11) is 0. The summed E-state index contributed by atoms with van der Waals surface area (Å²) >= 11 is 0. The molecular weight excluding hydrogens is 222 g/mol. The van der Waals surface area contributed by atoms with Gasteiger partial charge in [-0.2, -0.15) is 0 Å². The van der Waals surface area contributed by atoms with Crippen LogP contribution in [-0.2, 0) is 14.3 Å². The van der Waals surface area contributed by atoms with E-state index in [0.717, 1.165) is 0 Å². The highest BCUT2D eigenvalue weighted by Crippen LogP contribution is 2.20. The Labute approximate surface area is 102 Å². The summed E-state index contributed by atoms with van der Waals surface area (Å²) < 4.78 is 10.1. The predicted molar refractivity (Wildman–Crippen MR) is 63.1 cm³/mol. The highest BCUT2D eigenvalue weighted by molar-refractivity contribution is 5.91. The number of carbonyl (C=O) groups is 1. The normalized spacial score (nSPS) is 17.5. The van der Waals surface area contributed by atoms with Gasteiger partial charge < -0.3 is 19.9 Å². The number of hydrogen-bond acceptors (Lipinski definition) is 4. The Balaban J connectivity index is 2.30. The topological polar surface area (TPSA) is 67.8 Å². The maximum Gasteiger partial charge on any atom is 0.289 e. The molecule has 1 unspecified atom stereocenters. The van der Waals surface area contributed by atoms with Crippen molar-refractivity contribution in [3.05, 3.63) is 12.0 Å². The molecule has 0 aromatic carbocycles. The molecule has 0 aromatic rings. The largest absolute Gasteiger partial charge is 0.494 e. The van der Waals surface area contributed by atoms with Crippen molar-refractivity contribution in [2.24, 2.45) is 5.41 Å². The van der Waals surface area contributed by atoms with Gasteiger partial charge in [0.2, 0.25) is 5.76 Å². The van der Waals surface area contributed by atoms with Crippen LogP contribution in [0.15, 0.2) is 12.0 Å². The molecule has 0 saturated carbocycles. The fourth-order valence-corrected chi connectivity index (χ4v) is 1.56. The van der Waals surface area contributed by atoms with E-state index in [1.165, 1.54) is 6.26 Å². The van der Waals surface area contributed by atoms with Crippen molar-refractivity contribution in [3.8, 4) is 0 Å². The molecule has 0 spiro atoms. The Kier molecular flexibility index (Phi) is 4.81. The molecular formula is C12H21NO4. The summed E-state index contributed by atoms with van der Waals surface area (Å²) in [6.07, 6.45) is 1.38. The Morgan fingerprint density at radius 3 is 2.76 bits per heavy atom. The van der Waals surface area contributed by atoms with Crippen LogP contribution >= 0.6 is 0 Å². The second-order valence-electron chi connectivity index (χ2n) is 5.33. The third kappa shape index (κ3) is 5.58. The van der Waals surface area contributed by atoms with Crippen LogP contribution in [0.1, 0.15) is 27.2 Å². The van der Waals surface area contributed by atoms with Gasteiger partial charge in [0.05, 0.1) is 6.10 Å². The molecule has 0 radical (unpaired) electrons. The van der Waals surface area contributed by atoms with Crippen LogP contribution in [0, 0.1) is 5.41 Å². The minimum Gasteiger partial charge on any atom is -0.494 e. The minimum atomic E-state index is -0.552. The number of rotatable bonds is 4. The molecule has 1 heterocycles. The smallest absolute Gasteiger partial charge is 0.289 e. The quantitative estimate of drug-likeness (QED) is 0.766. The molecule has 1 rings (SSSR count). The van der Waals surface area contributed by atoms with Gasteiger partial charge >= 0.3 is 0 Å². The molecule has 0 aliphatic carbocycles. The predicted octanol–water partition coefficient (Wildman–Crippen LogP) is 0.788. The van der Waals surface area contributed by atoms with E-state index < -0.39 is 6.10 Å². The van der Waals surface area contributed by atoms with Crippen molar-refractivity contribution in [1.82, 2.24) is 5.32 Å². The van der Waals surface area contributed by atoms with E-state index in [4.69, 9.17) is 9.47 Å². The van der Waals surface area contributed by atoms with Crippen LogP contribution in [0.2, 0.25) is 0 Å². The molecule has 5 nitrogen and oxygen atoms in total. The second-order valence-corrected chi connectivity index (χ2v) is 5.33. The number of nitrogens with one attached hydrogen (secondary N) is 1. The van der Waals surface area contributed by atoms with Crippen molar-refractivity contribution in [2.45, 2.75) is 33.3 Å². The first-order valence-electron chi connectivity index (χ1n) is 5.79. The summed E-state index contributed by atoms with van der Waals surface area (Å²) in [6.45, 7) is 7.18. The van der Waals surface area contributed by atoms with Crippen LogP contribution in [0.25, 0.3) is 0 Å². The van der Waals surface area contributed by atoms with E-state index in [0.29, 0.717) is 19.6 Å². The molecule has 0 bridgehead atoms. The summed E-state index contributed by atoms with van der Waals surface area (Å²) in [5.74, 6) is -0.183. The number of aliphatic hydroxyl groups is 1. The van der Waals surface area contributed by atoms with E-state index >= 15 is 0 Å². The van der Waals surface area contributed by atoms with Crippen molar-refractivity contribution in [3.63, 3.8) is 0 Å². The molecule has 1 aliphatic heterocycles. The van der Waals surface area contributed by atoms with Gasteiger partial charge in [0.1, 0.15) is 19.5 Å². The van der Waals surface area contributed by atoms with Crippen LogP contribution < -0.4 is 5.32 Å². The Morgan fingerprint density at radius 1 is 1.53 bits per heavy atom. The fraction of sp³-hybridized carbons (Fsp3) is 0.750. The molecule has 0 saturated heterocycles. The van der Waals surface area contributed by atoms with E-state index in [-0.39, 0.29) is 23.6 Å². The van der Waals surface area contributed by atoms with Gasteiger partial charge in [-0.05, 0) is 11.8 Å². The summed E-state index contributed by atoms with van der Waals surface area (Å²) in [5, 5.41) is 12.3. The molecule has 98 valence electrons. The summed E-state index contributed by atoms with van der Waals surface area (Å²) in [5.41, 5.74) is 0.0356. The first-order valence-corrected chi connectivity index (χ1v) is 5.79. The average molecular weight is 243 g/mol. The first-order chi connectivity index (χ1) is 7.88. The van der Waals surface area contributed by atoms with Crippen LogP contribution in [-0.4, -0.2) is 36.9 Å². The lowest BCUT2D eigenvalue weighted by Gasteiger charge is -2.22. The van der Waals surface area contributed by atoms with Gasteiger partial charge in [0.25, 0.3) is 5.91 Å². The third-order valence-electron chi connectivity index (χ3n) is 2.22. The molecule has 1 atom stereocenters. The Bertz CT molecular complexity index is 293. The van der Waals surface area contributed by atoms with E-state index in [1.54, 1.807) is 0 Å². The van der Waals surface area contributed by atoms with Gasteiger partial charge in [-0.1, -0.05) is 20.8 Å². The molecule has 0 fully saturated rings. The van der Waals surface area contributed by atoms with Gasteiger partial charge in [0.15, 0.2) is 0 Å². The maximum atomic E-state index is 11.6. The summed E-state index contributed by atoms with van der Waals surface area (Å²) in [4.78, 5) is 11.6. The monoisotopic (exact) mass is 243 g/mol. The lowest BCUT2D eigenvalue weighted by Crippen LogP contribution is -2.36. The zero-order chi connectivity index (χ0) is 12.9. The molecule has 1 aliphatic rings. The van der Waals surface area contributed by atoms with Gasteiger partial charge in [-0.25, -0.2) is 0 Å². The number of aliphatic hydroxyl groups excluding tert-OH is 1. The molecule has 2 N–H and O–H groups in total. The number of carbonyl (C=O) groups excluding carboxylic acids is 1. The average Bonchev–Trinajstić information content (AvgIpc) is 2.25. The van der Waals surface area contributed by atoms with Crippen LogP contribution in [0.3, 0.4) is 0 Å². The highest BCUT2D eigenvalue weighted by atomic mass is 16.6. The van der Waals surface area contributed by atoms with E-state index in [1.807, 2.05) is 20.8 Å². The lowest BCUT2D eigenvalue weighted by molar-refractivity contribution is -0.122. The van der Waals surface area contributed by atoms with E-state index in [9.17, 15) is 9.90 Å². The van der Waals surface area contributed by atoms with Gasteiger partial charge in [0, 0.05) is 6.54 Å². The van der Waals surface area contributed by atoms with E-state index in [2.05, 4.69) is 5.32 Å². The molecule has 0 aromatic heterocycles. The number of amides is 1. The fourth-order valence-electron chi connectivity index (χ4n) is 1.56. The summed E-state index contributed by atoms with van der Waals surface area (Å²) in [6, 6.07) is 0.